The average Bonchev–Trinajstić information content (AvgIpc) is 2.82. The van der Waals surface area contributed by atoms with E-state index in [1.807, 2.05) is 54.6 Å². The smallest absolute Gasteiger partial charge is 0.259 e. The second kappa shape index (κ2) is 7.54. The molecule has 0 aliphatic rings. The number of pyridine rings is 1. The zero-order valence-corrected chi connectivity index (χ0v) is 16.8. The van der Waals surface area contributed by atoms with Crippen molar-refractivity contribution in [3.8, 4) is 11.3 Å². The topological polar surface area (TPSA) is 72.2 Å². The van der Waals surface area contributed by atoms with Crippen LogP contribution in [0.3, 0.4) is 0 Å². The second-order valence-corrected chi connectivity index (χ2v) is 7.27. The fraction of sp³-hybridized carbons (Fsp3) is 0.0385. The molecule has 5 nitrogen and oxygen atoms in total. The molecule has 0 saturated heterocycles. The first-order chi connectivity index (χ1) is 15.1. The van der Waals surface area contributed by atoms with E-state index in [9.17, 15) is 9.59 Å². The summed E-state index contributed by atoms with van der Waals surface area (Å²) in [5.41, 5.74) is 2.99. The molecule has 0 aliphatic heterocycles. The Morgan fingerprint density at radius 1 is 0.903 bits per heavy atom. The van der Waals surface area contributed by atoms with Crippen molar-refractivity contribution in [2.75, 3.05) is 5.32 Å². The first-order valence-corrected chi connectivity index (χ1v) is 9.90. The van der Waals surface area contributed by atoms with E-state index in [2.05, 4.69) is 10.3 Å². The molecule has 1 N–H and O–H groups in total. The minimum atomic E-state index is -0.366. The van der Waals surface area contributed by atoms with E-state index in [1.54, 1.807) is 37.4 Å². The molecule has 5 aromatic rings. The Labute approximate surface area is 178 Å². The van der Waals surface area contributed by atoms with Gasteiger partial charge in [0.25, 0.3) is 5.91 Å². The van der Waals surface area contributed by atoms with Gasteiger partial charge in [0.05, 0.1) is 22.2 Å². The van der Waals surface area contributed by atoms with E-state index in [1.165, 1.54) is 0 Å². The Balaban J connectivity index is 1.65. The maximum absolute atomic E-state index is 13.2. The summed E-state index contributed by atoms with van der Waals surface area (Å²) in [5.74, 6) is 0.0972. The molecule has 31 heavy (non-hydrogen) atoms. The monoisotopic (exact) mass is 406 g/mol. The molecular weight excluding hydrogens is 388 g/mol. The Morgan fingerprint density at radius 2 is 1.68 bits per heavy atom. The molecule has 1 amide bonds. The summed E-state index contributed by atoms with van der Waals surface area (Å²) in [6, 6.07) is 23.8. The van der Waals surface area contributed by atoms with E-state index in [-0.39, 0.29) is 16.9 Å². The largest absolute Gasteiger partial charge is 0.455 e. The first-order valence-electron chi connectivity index (χ1n) is 9.90. The van der Waals surface area contributed by atoms with Crippen molar-refractivity contribution in [1.29, 1.82) is 0 Å². The lowest BCUT2D eigenvalue weighted by Crippen LogP contribution is -2.15. The lowest BCUT2D eigenvalue weighted by molar-refractivity contribution is 0.102. The van der Waals surface area contributed by atoms with Gasteiger partial charge in [0, 0.05) is 22.7 Å². The van der Waals surface area contributed by atoms with Crippen LogP contribution in [0, 0.1) is 6.92 Å². The van der Waals surface area contributed by atoms with E-state index in [4.69, 9.17) is 4.42 Å². The number of hydrogen-bond acceptors (Lipinski definition) is 4. The van der Waals surface area contributed by atoms with Gasteiger partial charge in [-0.25, -0.2) is 0 Å². The molecule has 0 atom stereocenters. The van der Waals surface area contributed by atoms with Gasteiger partial charge in [0.1, 0.15) is 5.76 Å². The number of anilines is 1. The number of aromatic nitrogens is 1. The summed E-state index contributed by atoms with van der Waals surface area (Å²) < 4.78 is 6.16. The summed E-state index contributed by atoms with van der Waals surface area (Å²) in [7, 11) is 0. The molecule has 2 heterocycles. The van der Waals surface area contributed by atoms with E-state index in [0.717, 1.165) is 10.9 Å². The van der Waals surface area contributed by atoms with Crippen molar-refractivity contribution in [3.05, 3.63) is 106 Å². The third-order valence-corrected chi connectivity index (χ3v) is 5.31. The Hall–Kier alpha value is -4.25. The third-order valence-electron chi connectivity index (χ3n) is 5.31. The minimum absolute atomic E-state index is 0.151. The Morgan fingerprint density at radius 3 is 2.52 bits per heavy atom. The fourth-order valence-corrected chi connectivity index (χ4v) is 3.75. The number of carbonyl (C=O) groups is 1. The van der Waals surface area contributed by atoms with Crippen molar-refractivity contribution >= 4 is 33.5 Å². The number of nitrogens with one attached hydrogen (secondary N) is 1. The van der Waals surface area contributed by atoms with Gasteiger partial charge in [-0.2, -0.15) is 0 Å². The molecule has 2 aromatic heterocycles. The Bertz CT molecular complexity index is 1500. The highest BCUT2D eigenvalue weighted by molar-refractivity contribution is 6.13. The van der Waals surface area contributed by atoms with Gasteiger partial charge in [-0.1, -0.05) is 54.6 Å². The van der Waals surface area contributed by atoms with Crippen LogP contribution >= 0.6 is 0 Å². The molecule has 0 saturated carbocycles. The van der Waals surface area contributed by atoms with Crippen molar-refractivity contribution in [3.63, 3.8) is 0 Å². The van der Waals surface area contributed by atoms with E-state index in [0.29, 0.717) is 33.5 Å². The summed E-state index contributed by atoms with van der Waals surface area (Å²) in [5, 5.41) is 4.22. The SMILES string of the molecule is Cc1c(-c2ccccc2)oc2c(C(=O)Nc3cccc4cccnc34)cccc2c1=O. The maximum atomic E-state index is 13.2. The molecule has 5 heteroatoms. The number of hydrogen-bond donors (Lipinski definition) is 1. The van der Waals surface area contributed by atoms with Crippen LogP contribution in [0.25, 0.3) is 33.2 Å². The van der Waals surface area contributed by atoms with Crippen molar-refractivity contribution in [2.45, 2.75) is 6.92 Å². The molecule has 3 aromatic carbocycles. The lowest BCUT2D eigenvalue weighted by Gasteiger charge is -2.11. The van der Waals surface area contributed by atoms with Gasteiger partial charge in [0.15, 0.2) is 11.0 Å². The van der Waals surface area contributed by atoms with Crippen LogP contribution in [0.15, 0.2) is 94.3 Å². The highest BCUT2D eigenvalue weighted by Gasteiger charge is 2.19. The van der Waals surface area contributed by atoms with Crippen LogP contribution < -0.4 is 10.7 Å². The van der Waals surface area contributed by atoms with Crippen LogP contribution in [-0.2, 0) is 0 Å². The van der Waals surface area contributed by atoms with E-state index >= 15 is 0 Å². The number of fused-ring (bicyclic) bond motifs is 2. The molecule has 0 bridgehead atoms. The lowest BCUT2D eigenvalue weighted by atomic mass is 10.0. The van der Waals surface area contributed by atoms with Gasteiger partial charge in [-0.15, -0.1) is 0 Å². The Kier molecular flexibility index (Phi) is 4.56. The highest BCUT2D eigenvalue weighted by atomic mass is 16.3. The number of benzene rings is 3. The first kappa shape index (κ1) is 18.8. The van der Waals surface area contributed by atoms with Gasteiger partial charge in [-0.05, 0) is 31.2 Å². The predicted octanol–water partition coefficient (Wildman–Crippen LogP) is 5.57. The van der Waals surface area contributed by atoms with E-state index < -0.39 is 0 Å². The number of carbonyl (C=O) groups excluding carboxylic acids is 1. The summed E-state index contributed by atoms with van der Waals surface area (Å²) >= 11 is 0. The average molecular weight is 406 g/mol. The van der Waals surface area contributed by atoms with Crippen molar-refractivity contribution in [1.82, 2.24) is 4.98 Å². The summed E-state index contributed by atoms with van der Waals surface area (Å²) in [6.45, 7) is 1.74. The molecule has 0 unspecified atom stereocenters. The van der Waals surface area contributed by atoms with Crippen molar-refractivity contribution in [2.24, 2.45) is 0 Å². The van der Waals surface area contributed by atoms with Crippen LogP contribution in [0.2, 0.25) is 0 Å². The molecule has 0 spiro atoms. The third kappa shape index (κ3) is 3.26. The molecular formula is C26H18N2O3. The normalized spacial score (nSPS) is 11.0. The predicted molar refractivity (Wildman–Crippen MR) is 122 cm³/mol. The number of rotatable bonds is 3. The molecule has 0 radical (unpaired) electrons. The van der Waals surface area contributed by atoms with Gasteiger partial charge in [-0.3, -0.25) is 14.6 Å². The van der Waals surface area contributed by atoms with Crippen LogP contribution in [0.4, 0.5) is 5.69 Å². The summed E-state index contributed by atoms with van der Waals surface area (Å²) in [4.78, 5) is 30.6. The van der Waals surface area contributed by atoms with Gasteiger partial charge in [0.2, 0.25) is 0 Å². The highest BCUT2D eigenvalue weighted by Crippen LogP contribution is 2.28. The van der Waals surface area contributed by atoms with Crippen molar-refractivity contribution < 1.29 is 9.21 Å². The standard InChI is InChI=1S/C26H18N2O3/c1-16-23(29)19-12-6-13-20(25(19)31-24(16)18-8-3-2-4-9-18)26(30)28-21-14-5-10-17-11-7-15-27-22(17)21/h2-15H,1H3,(H,28,30). The second-order valence-electron chi connectivity index (χ2n) is 7.27. The molecule has 5 rings (SSSR count). The number of para-hydroxylation sites is 2. The molecule has 0 aliphatic carbocycles. The zero-order chi connectivity index (χ0) is 21.4. The van der Waals surface area contributed by atoms with Crippen LogP contribution in [-0.4, -0.2) is 10.9 Å². The number of nitrogens with zero attached hydrogens (tertiary/aromatic N) is 1. The molecule has 0 fully saturated rings. The minimum Gasteiger partial charge on any atom is -0.455 e. The van der Waals surface area contributed by atoms with Gasteiger partial charge >= 0.3 is 0 Å². The maximum Gasteiger partial charge on any atom is 0.259 e. The number of amides is 1. The quantitative estimate of drug-likeness (QED) is 0.425. The fourth-order valence-electron chi connectivity index (χ4n) is 3.75. The van der Waals surface area contributed by atoms with Crippen LogP contribution in [0.5, 0.6) is 0 Å². The summed E-state index contributed by atoms with van der Waals surface area (Å²) in [6.07, 6.45) is 1.68. The zero-order valence-electron chi connectivity index (χ0n) is 16.8. The molecule has 150 valence electrons. The van der Waals surface area contributed by atoms with Crippen LogP contribution in [0.1, 0.15) is 15.9 Å². The van der Waals surface area contributed by atoms with Gasteiger partial charge < -0.3 is 9.73 Å².